The van der Waals surface area contributed by atoms with Gasteiger partial charge in [0, 0.05) is 32.7 Å². The summed E-state index contributed by atoms with van der Waals surface area (Å²) in [5.74, 6) is 1.92. The van der Waals surface area contributed by atoms with E-state index in [0.717, 1.165) is 11.8 Å². The van der Waals surface area contributed by atoms with Crippen molar-refractivity contribution in [2.45, 2.75) is 39.5 Å². The van der Waals surface area contributed by atoms with Crippen LogP contribution in [0.4, 0.5) is 0 Å². The van der Waals surface area contributed by atoms with Crippen LogP contribution in [0.1, 0.15) is 39.5 Å². The Kier molecular flexibility index (Phi) is 6.35. The molecule has 10 heavy (non-hydrogen) atoms. The molecule has 0 heterocycles. The van der Waals surface area contributed by atoms with Crippen LogP contribution >= 0.6 is 0 Å². The van der Waals surface area contributed by atoms with Gasteiger partial charge in [-0.05, 0) is 5.92 Å². The van der Waals surface area contributed by atoms with Crippen molar-refractivity contribution >= 4 is 0 Å². The zero-order valence-electron chi connectivity index (χ0n) is 7.14. The molecule has 0 aromatic carbocycles. The Balaban J connectivity index is 0.000000810. The van der Waals surface area contributed by atoms with Crippen molar-refractivity contribution in [3.8, 4) is 0 Å². The predicted molar refractivity (Wildman–Crippen MR) is 41.1 cm³/mol. The van der Waals surface area contributed by atoms with E-state index in [9.17, 15) is 0 Å². The van der Waals surface area contributed by atoms with Gasteiger partial charge in [0.15, 0.2) is 0 Å². The van der Waals surface area contributed by atoms with Crippen molar-refractivity contribution in [1.82, 2.24) is 0 Å². The topological polar surface area (TPSA) is 0 Å². The van der Waals surface area contributed by atoms with Gasteiger partial charge in [-0.2, -0.15) is 12.8 Å². The van der Waals surface area contributed by atoms with E-state index < -0.39 is 0 Å². The van der Waals surface area contributed by atoms with Gasteiger partial charge in [0.05, 0.1) is 0 Å². The van der Waals surface area contributed by atoms with Crippen LogP contribution in [-0.4, -0.2) is 0 Å². The zero-order chi connectivity index (χ0) is 6.69. The van der Waals surface area contributed by atoms with E-state index in [2.05, 4.69) is 20.3 Å². The van der Waals surface area contributed by atoms with Gasteiger partial charge in [-0.1, -0.05) is 32.6 Å². The van der Waals surface area contributed by atoms with Crippen LogP contribution < -0.4 is 0 Å². The van der Waals surface area contributed by atoms with Gasteiger partial charge in [0.1, 0.15) is 0 Å². The molecule has 0 spiro atoms. The first-order valence-electron chi connectivity index (χ1n) is 4.10. The minimum absolute atomic E-state index is 0. The molecule has 0 aliphatic heterocycles. The van der Waals surface area contributed by atoms with Crippen molar-refractivity contribution in [2.24, 2.45) is 11.8 Å². The summed E-state index contributed by atoms with van der Waals surface area (Å²) in [5, 5.41) is 0. The van der Waals surface area contributed by atoms with Crippen molar-refractivity contribution < 1.29 is 32.7 Å². The third kappa shape index (κ3) is 4.08. The quantitative estimate of drug-likeness (QED) is 0.429. The van der Waals surface area contributed by atoms with Gasteiger partial charge >= 0.3 is 0 Å². The van der Waals surface area contributed by atoms with Crippen molar-refractivity contribution in [3.05, 3.63) is 6.42 Å². The Hall–Kier alpha value is 1.10. The Morgan fingerprint density at radius 1 is 1.20 bits per heavy atom. The second-order valence-corrected chi connectivity index (χ2v) is 3.55. The summed E-state index contributed by atoms with van der Waals surface area (Å²) in [6.07, 6.45) is 8.02. The first-order valence-corrected chi connectivity index (χ1v) is 4.10. The average molecular weight is 214 g/mol. The fourth-order valence-corrected chi connectivity index (χ4v) is 1.71. The SMILES string of the molecule is CC1C[CH-]CCC(C)C1.[Y]. The largest absolute Gasteiger partial charge is 0.328 e. The molecule has 0 saturated heterocycles. The Bertz CT molecular complexity index is 70.8. The maximum atomic E-state index is 2.45. The van der Waals surface area contributed by atoms with Gasteiger partial charge in [-0.15, -0.1) is 0 Å². The summed E-state index contributed by atoms with van der Waals surface area (Å²) in [7, 11) is 0. The van der Waals surface area contributed by atoms with Gasteiger partial charge in [0.2, 0.25) is 0 Å². The predicted octanol–water partition coefficient (Wildman–Crippen LogP) is 3.03. The van der Waals surface area contributed by atoms with Gasteiger partial charge < -0.3 is 6.42 Å². The normalized spacial score (nSPS) is 34.2. The Morgan fingerprint density at radius 3 is 2.60 bits per heavy atom. The molecule has 0 nitrogen and oxygen atoms in total. The molecule has 0 N–H and O–H groups in total. The average Bonchev–Trinajstić information content (AvgIpc) is 1.93. The molecule has 0 bridgehead atoms. The minimum atomic E-state index is 0. The van der Waals surface area contributed by atoms with Crippen LogP contribution in [0.2, 0.25) is 0 Å². The molecular weight excluding hydrogens is 197 g/mol. The molecule has 0 amide bonds. The van der Waals surface area contributed by atoms with E-state index in [4.69, 9.17) is 0 Å². The number of hydrogen-bond donors (Lipinski definition) is 0. The summed E-state index contributed by atoms with van der Waals surface area (Å²) in [6.45, 7) is 4.73. The van der Waals surface area contributed by atoms with Crippen LogP contribution in [0.25, 0.3) is 0 Å². The van der Waals surface area contributed by atoms with E-state index in [1.165, 1.54) is 25.7 Å². The van der Waals surface area contributed by atoms with E-state index in [-0.39, 0.29) is 32.7 Å². The summed E-state index contributed by atoms with van der Waals surface area (Å²) in [4.78, 5) is 0. The molecule has 2 atom stereocenters. The smallest absolute Gasteiger partial charge is 0 e. The monoisotopic (exact) mass is 214 g/mol. The van der Waals surface area contributed by atoms with E-state index in [0.29, 0.717) is 0 Å². The molecule has 1 saturated carbocycles. The number of hydrogen-bond acceptors (Lipinski definition) is 0. The van der Waals surface area contributed by atoms with Crippen LogP contribution in [0.5, 0.6) is 0 Å². The summed E-state index contributed by atoms with van der Waals surface area (Å²) < 4.78 is 0. The van der Waals surface area contributed by atoms with Crippen molar-refractivity contribution in [1.29, 1.82) is 0 Å². The molecule has 1 aliphatic carbocycles. The third-order valence-electron chi connectivity index (χ3n) is 2.24. The first kappa shape index (κ1) is 11.1. The molecule has 1 fully saturated rings. The summed E-state index contributed by atoms with van der Waals surface area (Å²) >= 11 is 0. The first-order chi connectivity index (χ1) is 4.29. The second kappa shape index (κ2) is 5.72. The van der Waals surface area contributed by atoms with Gasteiger partial charge in [-0.3, -0.25) is 0 Å². The van der Waals surface area contributed by atoms with Crippen molar-refractivity contribution in [3.63, 3.8) is 0 Å². The van der Waals surface area contributed by atoms with Crippen LogP contribution in [0.15, 0.2) is 0 Å². The molecule has 1 radical (unpaired) electrons. The fraction of sp³-hybridized carbons (Fsp3) is 0.889. The molecule has 57 valence electrons. The van der Waals surface area contributed by atoms with Crippen LogP contribution in [-0.2, 0) is 32.7 Å². The summed E-state index contributed by atoms with van der Waals surface area (Å²) in [5.41, 5.74) is 0. The second-order valence-electron chi connectivity index (χ2n) is 3.55. The van der Waals surface area contributed by atoms with Gasteiger partial charge in [0.25, 0.3) is 0 Å². The fourth-order valence-electron chi connectivity index (χ4n) is 1.71. The molecule has 0 aromatic rings. The maximum absolute atomic E-state index is 2.45. The van der Waals surface area contributed by atoms with E-state index in [1.807, 2.05) is 0 Å². The molecule has 2 unspecified atom stereocenters. The molecule has 1 rings (SSSR count). The molecule has 0 aromatic heterocycles. The minimum Gasteiger partial charge on any atom is -0.328 e. The maximum Gasteiger partial charge on any atom is 0 e. The summed E-state index contributed by atoms with van der Waals surface area (Å²) in [6, 6.07) is 0. The molecular formula is C9H17Y-. The third-order valence-corrected chi connectivity index (χ3v) is 2.24. The van der Waals surface area contributed by atoms with E-state index in [1.54, 1.807) is 0 Å². The number of rotatable bonds is 0. The van der Waals surface area contributed by atoms with Crippen LogP contribution in [0.3, 0.4) is 0 Å². The van der Waals surface area contributed by atoms with Gasteiger partial charge in [-0.25, -0.2) is 0 Å². The van der Waals surface area contributed by atoms with Crippen LogP contribution in [0, 0.1) is 18.3 Å². The van der Waals surface area contributed by atoms with Crippen molar-refractivity contribution in [2.75, 3.05) is 0 Å². The Labute approximate surface area is 90.0 Å². The standard InChI is InChI=1S/C9H17.Y/c1-8-5-3-4-6-9(2)7-8;/h3,8-9H,4-7H2,1-2H3;/q-1;. The molecule has 1 heteroatoms. The van der Waals surface area contributed by atoms with E-state index >= 15 is 0 Å². The Morgan fingerprint density at radius 2 is 1.90 bits per heavy atom. The molecule has 1 aliphatic rings. The zero-order valence-corrected chi connectivity index (χ0v) is 9.98.